The molecule has 0 rings (SSSR count). The number of hydrogen-bond donors (Lipinski definition) is 4. The van der Waals surface area contributed by atoms with E-state index in [2.05, 4.69) is 5.73 Å². The highest BCUT2D eigenvalue weighted by Gasteiger charge is 2.08. The summed E-state index contributed by atoms with van der Waals surface area (Å²) in [5, 5.41) is 21.8. The van der Waals surface area contributed by atoms with E-state index >= 15 is 0 Å². The number of amides is 1. The Kier molecular flexibility index (Phi) is 1.78. The van der Waals surface area contributed by atoms with Crippen LogP contribution in [-0.2, 0) is 0 Å². The highest BCUT2D eigenvalue weighted by atomic mass is 16.6. The number of nitrogens with two attached hydrogens (primary N) is 1. The maximum Gasteiger partial charge on any atom is 0.438 e. The Morgan fingerprint density at radius 3 is 2.12 bits per heavy atom. The summed E-state index contributed by atoms with van der Waals surface area (Å²) < 4.78 is 0. The van der Waals surface area contributed by atoms with Crippen molar-refractivity contribution in [1.82, 2.24) is 5.06 Å². The number of carbonyl (C=O) groups is 1. The first-order valence-corrected chi connectivity index (χ1v) is 1.61. The molecule has 0 radical (unpaired) electrons. The Morgan fingerprint density at radius 1 is 1.75 bits per heavy atom. The van der Waals surface area contributed by atoms with Crippen molar-refractivity contribution < 1.29 is 15.1 Å². The van der Waals surface area contributed by atoms with Gasteiger partial charge in [-0.1, -0.05) is 0 Å². The first-order valence-electron chi connectivity index (χ1n) is 1.61. The molecule has 0 aromatic rings. The lowest BCUT2D eigenvalue weighted by Crippen LogP contribution is -2.37. The molecule has 0 aliphatic rings. The van der Waals surface area contributed by atoms with Crippen molar-refractivity contribution in [2.75, 3.05) is 0 Å². The molecule has 1 amide bonds. The minimum absolute atomic E-state index is 0.389. The van der Waals surface area contributed by atoms with Crippen LogP contribution < -0.4 is 5.73 Å². The molecule has 0 aromatic carbocycles. The van der Waals surface area contributed by atoms with Crippen LogP contribution in [0.2, 0.25) is 0 Å². The van der Waals surface area contributed by atoms with Crippen molar-refractivity contribution >= 4 is 12.1 Å². The second-order valence-electron chi connectivity index (χ2n) is 0.980. The van der Waals surface area contributed by atoms with Crippen LogP contribution in [0.5, 0.6) is 0 Å². The number of nitrogens with one attached hydrogen (secondary N) is 1. The monoisotopic (exact) mass is 119 g/mol. The van der Waals surface area contributed by atoms with Gasteiger partial charge in [0.05, 0.1) is 0 Å². The summed E-state index contributed by atoms with van der Waals surface area (Å²) in [4.78, 5) is 9.60. The molecule has 8 heavy (non-hydrogen) atoms. The van der Waals surface area contributed by atoms with Gasteiger partial charge < -0.3 is 10.8 Å². The Labute approximate surface area is 44.6 Å². The summed E-state index contributed by atoms with van der Waals surface area (Å²) in [6.07, 6.45) is -1.67. The molecule has 0 unspecified atom stereocenters. The first kappa shape index (κ1) is 6.70. The maximum absolute atomic E-state index is 9.60. The number of guanidine groups is 1. The number of rotatable bonds is 0. The summed E-state index contributed by atoms with van der Waals surface area (Å²) in [6.45, 7) is 0. The lowest BCUT2D eigenvalue weighted by molar-refractivity contribution is -0.00165. The molecule has 6 nitrogen and oxygen atoms in total. The summed E-state index contributed by atoms with van der Waals surface area (Å²) in [7, 11) is 0. The number of nitrogens with zero attached hydrogens (tertiary/aromatic N) is 1. The Balaban J connectivity index is 3.83. The van der Waals surface area contributed by atoms with Gasteiger partial charge in [-0.05, 0) is 0 Å². The van der Waals surface area contributed by atoms with Crippen LogP contribution in [0.15, 0.2) is 0 Å². The Bertz CT molecular complexity index is 108. The third-order valence-electron chi connectivity index (χ3n) is 0.409. The van der Waals surface area contributed by atoms with Gasteiger partial charge >= 0.3 is 6.09 Å². The first-order chi connectivity index (χ1) is 3.55. The van der Waals surface area contributed by atoms with Gasteiger partial charge in [-0.2, -0.15) is 0 Å². The lowest BCUT2D eigenvalue weighted by Gasteiger charge is -2.04. The number of hydroxylamine groups is 2. The van der Waals surface area contributed by atoms with Crippen LogP contribution in [0.25, 0.3) is 0 Å². The zero-order valence-electron chi connectivity index (χ0n) is 3.83. The van der Waals surface area contributed by atoms with Crippen LogP contribution in [0.3, 0.4) is 0 Å². The van der Waals surface area contributed by atoms with E-state index in [4.69, 9.17) is 15.7 Å². The zero-order chi connectivity index (χ0) is 6.73. The summed E-state index contributed by atoms with van der Waals surface area (Å²) >= 11 is 0. The highest BCUT2D eigenvalue weighted by molar-refractivity contribution is 5.88. The molecule has 0 atom stereocenters. The van der Waals surface area contributed by atoms with Gasteiger partial charge in [0.1, 0.15) is 0 Å². The molecule has 0 aromatic heterocycles. The molecule has 0 aliphatic carbocycles. The van der Waals surface area contributed by atoms with Crippen molar-refractivity contribution in [3.63, 3.8) is 0 Å². The van der Waals surface area contributed by atoms with Gasteiger partial charge in [0.15, 0.2) is 0 Å². The van der Waals surface area contributed by atoms with Crippen molar-refractivity contribution in [3.8, 4) is 0 Å². The van der Waals surface area contributed by atoms with Gasteiger partial charge in [0.25, 0.3) is 0 Å². The standard InChI is InChI=1S/C2H5N3O3/c3-1(4)5(8)2(6)7/h8H,(H3,3,4)(H,6,7). The van der Waals surface area contributed by atoms with Gasteiger partial charge in [-0.15, -0.1) is 5.06 Å². The van der Waals surface area contributed by atoms with Gasteiger partial charge in [0, 0.05) is 0 Å². The molecule has 0 saturated heterocycles. The van der Waals surface area contributed by atoms with Crippen LogP contribution in [0.4, 0.5) is 4.79 Å². The SMILES string of the molecule is N=C(N)N(O)C(=O)O. The molecule has 6 heteroatoms. The van der Waals surface area contributed by atoms with E-state index in [0.717, 1.165) is 0 Å². The van der Waals surface area contributed by atoms with E-state index in [1.807, 2.05) is 0 Å². The van der Waals surface area contributed by atoms with E-state index in [1.54, 1.807) is 0 Å². The van der Waals surface area contributed by atoms with Crippen molar-refractivity contribution in [3.05, 3.63) is 0 Å². The van der Waals surface area contributed by atoms with E-state index in [9.17, 15) is 4.79 Å². The zero-order valence-corrected chi connectivity index (χ0v) is 3.83. The third-order valence-corrected chi connectivity index (χ3v) is 0.409. The molecular weight excluding hydrogens is 114 g/mol. The van der Waals surface area contributed by atoms with Crippen LogP contribution in [0, 0.1) is 5.41 Å². The molecule has 0 saturated carbocycles. The highest BCUT2D eigenvalue weighted by Crippen LogP contribution is 1.76. The Hall–Kier alpha value is -1.30. The average molecular weight is 119 g/mol. The fourth-order valence-electron chi connectivity index (χ4n) is 0.103. The molecule has 5 N–H and O–H groups in total. The van der Waals surface area contributed by atoms with Crippen LogP contribution in [0.1, 0.15) is 0 Å². The Morgan fingerprint density at radius 2 is 2.12 bits per heavy atom. The van der Waals surface area contributed by atoms with Crippen molar-refractivity contribution in [2.45, 2.75) is 0 Å². The second-order valence-corrected chi connectivity index (χ2v) is 0.980. The molecule has 0 bridgehead atoms. The van der Waals surface area contributed by atoms with Gasteiger partial charge in [0.2, 0.25) is 5.96 Å². The quantitative estimate of drug-likeness (QED) is 0.145. The second kappa shape index (κ2) is 2.12. The minimum atomic E-state index is -1.67. The molecular formula is C2H5N3O3. The predicted octanol–water partition coefficient (Wildman–Crippen LogP) is -0.751. The number of hydrogen-bond acceptors (Lipinski definition) is 3. The molecule has 46 valence electrons. The maximum atomic E-state index is 9.60. The van der Waals surface area contributed by atoms with Crippen LogP contribution in [-0.4, -0.2) is 27.4 Å². The lowest BCUT2D eigenvalue weighted by atomic mass is 10.9. The van der Waals surface area contributed by atoms with E-state index in [0.29, 0.717) is 0 Å². The smallest absolute Gasteiger partial charge is 0.438 e. The third kappa shape index (κ3) is 1.43. The van der Waals surface area contributed by atoms with Gasteiger partial charge in [-0.25, -0.2) is 4.79 Å². The van der Waals surface area contributed by atoms with E-state index in [-0.39, 0.29) is 5.06 Å². The van der Waals surface area contributed by atoms with Gasteiger partial charge in [-0.3, -0.25) is 10.6 Å². The number of carboxylic acid groups (broad SMARTS) is 1. The predicted molar refractivity (Wildman–Crippen MR) is 23.6 cm³/mol. The van der Waals surface area contributed by atoms with Crippen molar-refractivity contribution in [2.24, 2.45) is 5.73 Å². The van der Waals surface area contributed by atoms with E-state index in [1.165, 1.54) is 0 Å². The fourth-order valence-corrected chi connectivity index (χ4v) is 0.103. The molecule has 0 heterocycles. The topological polar surface area (TPSA) is 111 Å². The normalized spacial score (nSPS) is 8.12. The average Bonchev–Trinajstić information content (AvgIpc) is 1.64. The molecule has 0 spiro atoms. The fraction of sp³-hybridized carbons (Fsp3) is 0. The van der Waals surface area contributed by atoms with Crippen molar-refractivity contribution in [1.29, 1.82) is 5.41 Å². The largest absolute Gasteiger partial charge is 0.463 e. The van der Waals surface area contributed by atoms with Crippen LogP contribution >= 0.6 is 0 Å². The summed E-state index contributed by atoms with van der Waals surface area (Å²) in [5.74, 6) is -0.919. The summed E-state index contributed by atoms with van der Waals surface area (Å²) in [6, 6.07) is 0. The summed E-state index contributed by atoms with van der Waals surface area (Å²) in [5.41, 5.74) is 4.52. The minimum Gasteiger partial charge on any atom is -0.463 e. The van der Waals surface area contributed by atoms with E-state index < -0.39 is 12.1 Å². The molecule has 0 aliphatic heterocycles. The molecule has 0 fully saturated rings.